The Bertz CT molecular complexity index is 1510. The number of nitrogens with zero attached hydrogens (tertiary/aromatic N) is 6. The van der Waals surface area contributed by atoms with Gasteiger partial charge in [-0.1, -0.05) is 12.8 Å². The molecule has 2 fully saturated rings. The summed E-state index contributed by atoms with van der Waals surface area (Å²) in [4.78, 5) is 19.8. The van der Waals surface area contributed by atoms with E-state index in [4.69, 9.17) is 4.74 Å². The molecule has 2 aliphatic rings. The van der Waals surface area contributed by atoms with Gasteiger partial charge in [0, 0.05) is 67.6 Å². The molecule has 8 nitrogen and oxygen atoms in total. The lowest BCUT2D eigenvalue weighted by atomic mass is 9.78. The molecule has 4 aromatic rings. The zero-order valence-electron chi connectivity index (χ0n) is 21.7. The number of rotatable bonds is 7. The smallest absolute Gasteiger partial charge is 0.330 e. The Kier molecular flexibility index (Phi) is 5.98. The third-order valence-electron chi connectivity index (χ3n) is 8.07. The van der Waals surface area contributed by atoms with Crippen LogP contribution in [-0.4, -0.2) is 55.5 Å². The Morgan fingerprint density at radius 1 is 1.14 bits per heavy atom. The second-order valence-electron chi connectivity index (χ2n) is 11.0. The van der Waals surface area contributed by atoms with E-state index in [1.807, 2.05) is 19.9 Å². The summed E-state index contributed by atoms with van der Waals surface area (Å²) in [5.41, 5.74) is 3.02. The molecule has 0 N–H and O–H groups in total. The molecule has 6 rings (SSSR count). The SMILES string of the molecule is CC(C)n1c(=O)n(C)c2nnc3cc(F)c(-c4ccc(OCCCN5CC6(CCCC6)C5)nc4)cc3c21. The summed E-state index contributed by atoms with van der Waals surface area (Å²) in [5.74, 6) is 0.117. The predicted molar refractivity (Wildman–Crippen MR) is 141 cm³/mol. The first-order valence-electron chi connectivity index (χ1n) is 13.2. The minimum Gasteiger partial charge on any atom is -0.478 e. The maximum absolute atomic E-state index is 15.1. The van der Waals surface area contributed by atoms with Crippen LogP contribution in [0.15, 0.2) is 35.3 Å². The van der Waals surface area contributed by atoms with Gasteiger partial charge in [0.25, 0.3) is 0 Å². The fourth-order valence-electron chi connectivity index (χ4n) is 6.21. The van der Waals surface area contributed by atoms with E-state index in [9.17, 15) is 4.79 Å². The summed E-state index contributed by atoms with van der Waals surface area (Å²) in [7, 11) is 1.67. The fraction of sp³-hybridized carbons (Fsp3) is 0.500. The molecule has 194 valence electrons. The van der Waals surface area contributed by atoms with Crippen molar-refractivity contribution in [1.29, 1.82) is 0 Å². The van der Waals surface area contributed by atoms with Crippen molar-refractivity contribution in [3.63, 3.8) is 0 Å². The molecule has 1 saturated carbocycles. The van der Waals surface area contributed by atoms with Crippen LogP contribution in [0.3, 0.4) is 0 Å². The highest BCUT2D eigenvalue weighted by Gasteiger charge is 2.43. The minimum atomic E-state index is -0.416. The van der Waals surface area contributed by atoms with Crippen LogP contribution in [0.25, 0.3) is 33.2 Å². The topological polar surface area (TPSA) is 78.1 Å². The quantitative estimate of drug-likeness (QED) is 0.339. The number of aryl methyl sites for hydroxylation is 1. The molecule has 1 aliphatic carbocycles. The maximum atomic E-state index is 15.1. The normalized spacial score (nSPS) is 17.3. The third-order valence-corrected chi connectivity index (χ3v) is 8.07. The molecule has 1 aromatic carbocycles. The van der Waals surface area contributed by atoms with Gasteiger partial charge in [-0.2, -0.15) is 0 Å². The summed E-state index contributed by atoms with van der Waals surface area (Å²) in [6.07, 6.45) is 8.18. The maximum Gasteiger partial charge on any atom is 0.330 e. The van der Waals surface area contributed by atoms with E-state index < -0.39 is 5.82 Å². The second kappa shape index (κ2) is 9.20. The van der Waals surface area contributed by atoms with Crippen molar-refractivity contribution in [1.82, 2.24) is 29.2 Å². The summed E-state index contributed by atoms with van der Waals surface area (Å²) in [6, 6.07) is 6.62. The van der Waals surface area contributed by atoms with Crippen molar-refractivity contribution < 1.29 is 9.13 Å². The van der Waals surface area contributed by atoms with Gasteiger partial charge in [-0.05, 0) is 50.7 Å². The number of aromatic nitrogens is 5. The number of likely N-dealkylation sites (tertiary alicyclic amines) is 1. The molecule has 9 heteroatoms. The van der Waals surface area contributed by atoms with Gasteiger partial charge < -0.3 is 9.64 Å². The predicted octanol–water partition coefficient (Wildman–Crippen LogP) is 4.71. The van der Waals surface area contributed by atoms with Gasteiger partial charge in [0.1, 0.15) is 11.3 Å². The molecule has 1 spiro atoms. The molecule has 0 radical (unpaired) electrons. The van der Waals surface area contributed by atoms with E-state index in [-0.39, 0.29) is 11.7 Å². The molecule has 0 amide bonds. The first-order chi connectivity index (χ1) is 17.8. The van der Waals surface area contributed by atoms with Crippen LogP contribution in [0.1, 0.15) is 52.0 Å². The van der Waals surface area contributed by atoms with Gasteiger partial charge in [0.15, 0.2) is 5.65 Å². The highest BCUT2D eigenvalue weighted by molar-refractivity contribution is 6.02. The van der Waals surface area contributed by atoms with Crippen LogP contribution >= 0.6 is 0 Å². The van der Waals surface area contributed by atoms with E-state index >= 15 is 4.39 Å². The van der Waals surface area contributed by atoms with Gasteiger partial charge in [-0.3, -0.25) is 9.13 Å². The van der Waals surface area contributed by atoms with Crippen molar-refractivity contribution in [3.05, 3.63) is 46.8 Å². The average Bonchev–Trinajstić information content (AvgIpc) is 3.45. The Balaban J connectivity index is 1.18. The number of benzene rings is 1. The largest absolute Gasteiger partial charge is 0.478 e. The van der Waals surface area contributed by atoms with Crippen molar-refractivity contribution in [2.45, 2.75) is 52.0 Å². The zero-order valence-corrected chi connectivity index (χ0v) is 21.7. The lowest BCUT2D eigenvalue weighted by Crippen LogP contribution is -2.55. The lowest BCUT2D eigenvalue weighted by molar-refractivity contribution is 0.00330. The fourth-order valence-corrected chi connectivity index (χ4v) is 6.21. The summed E-state index contributed by atoms with van der Waals surface area (Å²) in [6.45, 7) is 8.03. The summed E-state index contributed by atoms with van der Waals surface area (Å²) in [5, 5.41) is 9.05. The van der Waals surface area contributed by atoms with E-state index in [1.165, 1.54) is 49.4 Å². The second-order valence-corrected chi connectivity index (χ2v) is 11.0. The minimum absolute atomic E-state index is 0.0832. The summed E-state index contributed by atoms with van der Waals surface area (Å²) >= 11 is 0. The van der Waals surface area contributed by atoms with Gasteiger partial charge in [0.2, 0.25) is 5.88 Å². The number of hydrogen-bond donors (Lipinski definition) is 0. The molecule has 4 heterocycles. The third kappa shape index (κ3) is 4.19. The standard InChI is InChI=1S/C28H33FN6O2/c1-18(2)35-25-21-13-20(22(29)14-23(21)31-32-26(25)33(3)27(35)36)19-7-8-24(30-15-19)37-12-6-11-34-16-28(17-34)9-4-5-10-28/h7-8,13-15,18H,4-6,9-12,16-17H2,1-3H3. The Hall–Kier alpha value is -3.33. The molecular formula is C28H33FN6O2. The van der Waals surface area contributed by atoms with Crippen LogP contribution in [0.4, 0.5) is 4.39 Å². The average molecular weight is 505 g/mol. The van der Waals surface area contributed by atoms with E-state index in [0.717, 1.165) is 13.0 Å². The zero-order chi connectivity index (χ0) is 25.7. The number of halogens is 1. The number of ether oxygens (including phenoxy) is 1. The number of imidazole rings is 1. The van der Waals surface area contributed by atoms with Gasteiger partial charge in [-0.15, -0.1) is 10.2 Å². The number of pyridine rings is 1. The molecule has 37 heavy (non-hydrogen) atoms. The van der Waals surface area contributed by atoms with Crippen LogP contribution < -0.4 is 10.4 Å². The molecule has 0 atom stereocenters. The van der Waals surface area contributed by atoms with Gasteiger partial charge in [0.05, 0.1) is 12.1 Å². The van der Waals surface area contributed by atoms with E-state index in [0.29, 0.717) is 51.1 Å². The summed E-state index contributed by atoms with van der Waals surface area (Å²) < 4.78 is 24.1. The van der Waals surface area contributed by atoms with Crippen molar-refractivity contribution in [3.8, 4) is 17.0 Å². The molecule has 0 unspecified atom stereocenters. The molecule has 0 bridgehead atoms. The van der Waals surface area contributed by atoms with Crippen LogP contribution in [0.2, 0.25) is 0 Å². The van der Waals surface area contributed by atoms with Crippen molar-refractivity contribution >= 4 is 22.1 Å². The molecule has 1 saturated heterocycles. The van der Waals surface area contributed by atoms with Gasteiger partial charge >= 0.3 is 5.69 Å². The van der Waals surface area contributed by atoms with E-state index in [2.05, 4.69) is 20.1 Å². The Morgan fingerprint density at radius 2 is 1.92 bits per heavy atom. The monoisotopic (exact) mass is 504 g/mol. The Labute approximate surface area is 215 Å². The molecule has 3 aromatic heterocycles. The highest BCUT2D eigenvalue weighted by Crippen LogP contribution is 2.45. The molecule has 1 aliphatic heterocycles. The van der Waals surface area contributed by atoms with Gasteiger partial charge in [-0.25, -0.2) is 14.2 Å². The van der Waals surface area contributed by atoms with Crippen LogP contribution in [0, 0.1) is 11.2 Å². The number of hydrogen-bond acceptors (Lipinski definition) is 6. The first kappa shape index (κ1) is 24.0. The van der Waals surface area contributed by atoms with Crippen LogP contribution in [-0.2, 0) is 7.05 Å². The van der Waals surface area contributed by atoms with Crippen molar-refractivity contribution in [2.75, 3.05) is 26.2 Å². The number of fused-ring (bicyclic) bond motifs is 3. The highest BCUT2D eigenvalue weighted by atomic mass is 19.1. The lowest BCUT2D eigenvalue weighted by Gasteiger charge is -2.48. The first-order valence-corrected chi connectivity index (χ1v) is 13.2. The molecular weight excluding hydrogens is 471 g/mol. The van der Waals surface area contributed by atoms with Crippen LogP contribution in [0.5, 0.6) is 5.88 Å². The van der Waals surface area contributed by atoms with E-state index in [1.54, 1.807) is 29.9 Å². The Morgan fingerprint density at radius 3 is 2.62 bits per heavy atom. The van der Waals surface area contributed by atoms with Crippen molar-refractivity contribution in [2.24, 2.45) is 12.5 Å².